The number of nitrogens with zero attached hydrogens (tertiary/aromatic N) is 2. The number of rotatable bonds is 7. The average Bonchev–Trinajstić information content (AvgIpc) is 2.92. The molecular weight excluding hydrogens is 354 g/mol. The van der Waals surface area contributed by atoms with Gasteiger partial charge in [-0.05, 0) is 49.6 Å². The molecule has 2 aromatic rings. The van der Waals surface area contributed by atoms with Crippen LogP contribution in [0, 0.1) is 20.8 Å². The Morgan fingerprint density at radius 2 is 1.93 bits per heavy atom. The van der Waals surface area contributed by atoms with Crippen molar-refractivity contribution >= 4 is 5.91 Å². The van der Waals surface area contributed by atoms with Crippen molar-refractivity contribution in [1.29, 1.82) is 0 Å². The highest BCUT2D eigenvalue weighted by Gasteiger charge is 2.21. The van der Waals surface area contributed by atoms with Crippen molar-refractivity contribution < 1.29 is 14.3 Å². The molecular formula is C22H31N3O3. The van der Waals surface area contributed by atoms with Crippen LogP contribution in [-0.2, 0) is 11.3 Å². The van der Waals surface area contributed by atoms with Crippen molar-refractivity contribution in [3.05, 3.63) is 52.3 Å². The lowest BCUT2D eigenvalue weighted by Gasteiger charge is -2.26. The number of carbonyl (C=O) groups excluding carboxylic acids is 1. The fourth-order valence-electron chi connectivity index (χ4n) is 3.70. The van der Waals surface area contributed by atoms with E-state index in [0.29, 0.717) is 13.1 Å². The summed E-state index contributed by atoms with van der Waals surface area (Å²) in [6.07, 6.45) is 0. The number of benzene rings is 1. The molecule has 3 rings (SSSR count). The smallest absolute Gasteiger partial charge is 0.268 e. The minimum Gasteiger partial charge on any atom is -0.497 e. The molecule has 0 saturated carbocycles. The van der Waals surface area contributed by atoms with Gasteiger partial charge in [-0.25, -0.2) is 0 Å². The van der Waals surface area contributed by atoms with Crippen LogP contribution < -0.4 is 10.1 Å². The molecule has 0 atom stereocenters. The second-order valence-electron chi connectivity index (χ2n) is 7.33. The standard InChI is InChI=1S/C22H31N3O3/c1-16-17(2)21(22(26)23-8-9-24-10-12-28-13-11-24)25(18(16)3)15-19-6-5-7-20(14-19)27-4/h5-7,14H,8-13,15H2,1-4H3,(H,23,26). The number of amides is 1. The molecule has 0 aliphatic carbocycles. The first-order chi connectivity index (χ1) is 13.5. The van der Waals surface area contributed by atoms with E-state index in [1.165, 1.54) is 5.56 Å². The molecule has 1 fully saturated rings. The molecule has 1 aromatic carbocycles. The minimum atomic E-state index is -0.00939. The number of ether oxygens (including phenoxy) is 2. The molecule has 1 aliphatic rings. The Hall–Kier alpha value is -2.31. The molecule has 0 radical (unpaired) electrons. The van der Waals surface area contributed by atoms with E-state index >= 15 is 0 Å². The number of nitrogens with one attached hydrogen (secondary N) is 1. The van der Waals surface area contributed by atoms with Gasteiger partial charge in [-0.3, -0.25) is 9.69 Å². The molecule has 6 nitrogen and oxygen atoms in total. The van der Waals surface area contributed by atoms with Crippen molar-refractivity contribution in [3.8, 4) is 5.75 Å². The van der Waals surface area contributed by atoms with E-state index in [0.717, 1.165) is 61.1 Å². The zero-order chi connectivity index (χ0) is 20.1. The summed E-state index contributed by atoms with van der Waals surface area (Å²) in [6, 6.07) is 7.99. The molecule has 6 heteroatoms. The summed E-state index contributed by atoms with van der Waals surface area (Å²) in [7, 11) is 1.67. The van der Waals surface area contributed by atoms with Crippen molar-refractivity contribution in [2.75, 3.05) is 46.5 Å². The molecule has 1 aromatic heterocycles. The van der Waals surface area contributed by atoms with Crippen LogP contribution in [0.1, 0.15) is 32.9 Å². The van der Waals surface area contributed by atoms with E-state index in [2.05, 4.69) is 34.7 Å². The molecule has 1 aliphatic heterocycles. The third kappa shape index (κ3) is 4.56. The van der Waals surface area contributed by atoms with Gasteiger partial charge in [-0.1, -0.05) is 12.1 Å². The van der Waals surface area contributed by atoms with Crippen molar-refractivity contribution in [2.24, 2.45) is 0 Å². The highest BCUT2D eigenvalue weighted by atomic mass is 16.5. The highest BCUT2D eigenvalue weighted by Crippen LogP contribution is 2.23. The first-order valence-electron chi connectivity index (χ1n) is 9.88. The molecule has 0 spiro atoms. The van der Waals surface area contributed by atoms with Gasteiger partial charge in [0.15, 0.2) is 0 Å². The number of hydrogen-bond donors (Lipinski definition) is 1. The third-order valence-corrected chi connectivity index (χ3v) is 5.64. The van der Waals surface area contributed by atoms with Gasteiger partial charge >= 0.3 is 0 Å². The van der Waals surface area contributed by atoms with Gasteiger partial charge in [0.25, 0.3) is 5.91 Å². The van der Waals surface area contributed by atoms with Crippen molar-refractivity contribution in [2.45, 2.75) is 27.3 Å². The molecule has 0 bridgehead atoms. The average molecular weight is 386 g/mol. The molecule has 152 valence electrons. The second-order valence-corrected chi connectivity index (χ2v) is 7.33. The van der Waals surface area contributed by atoms with Gasteiger partial charge in [-0.2, -0.15) is 0 Å². The van der Waals surface area contributed by atoms with Crippen molar-refractivity contribution in [3.63, 3.8) is 0 Å². The minimum absolute atomic E-state index is 0.00939. The third-order valence-electron chi connectivity index (χ3n) is 5.64. The SMILES string of the molecule is COc1cccc(Cn2c(C)c(C)c(C)c2C(=O)NCCN2CCOCC2)c1. The van der Waals surface area contributed by atoms with Gasteiger partial charge < -0.3 is 19.4 Å². The first kappa shape index (κ1) is 20.4. The zero-order valence-electron chi connectivity index (χ0n) is 17.4. The van der Waals surface area contributed by atoms with Gasteiger partial charge in [0.1, 0.15) is 11.4 Å². The van der Waals surface area contributed by atoms with E-state index in [4.69, 9.17) is 9.47 Å². The Balaban J connectivity index is 1.74. The molecule has 1 saturated heterocycles. The van der Waals surface area contributed by atoms with Crippen LogP contribution >= 0.6 is 0 Å². The number of aromatic nitrogens is 1. The first-order valence-corrected chi connectivity index (χ1v) is 9.88. The summed E-state index contributed by atoms with van der Waals surface area (Å²) in [4.78, 5) is 15.3. The van der Waals surface area contributed by atoms with E-state index in [9.17, 15) is 4.79 Å². The van der Waals surface area contributed by atoms with E-state index < -0.39 is 0 Å². The Morgan fingerprint density at radius 3 is 2.64 bits per heavy atom. The zero-order valence-corrected chi connectivity index (χ0v) is 17.4. The number of hydrogen-bond acceptors (Lipinski definition) is 4. The molecule has 1 N–H and O–H groups in total. The van der Waals surface area contributed by atoms with E-state index in [1.54, 1.807) is 7.11 Å². The summed E-state index contributed by atoms with van der Waals surface area (Å²) in [5, 5.41) is 3.11. The van der Waals surface area contributed by atoms with Crippen LogP contribution in [0.5, 0.6) is 5.75 Å². The largest absolute Gasteiger partial charge is 0.497 e. The summed E-state index contributed by atoms with van der Waals surface area (Å²) in [6.45, 7) is 11.7. The highest BCUT2D eigenvalue weighted by molar-refractivity contribution is 5.95. The molecule has 2 heterocycles. The Bertz CT molecular complexity index is 823. The topological polar surface area (TPSA) is 55.7 Å². The summed E-state index contributed by atoms with van der Waals surface area (Å²) < 4.78 is 12.8. The van der Waals surface area contributed by atoms with Crippen LogP contribution in [0.2, 0.25) is 0 Å². The van der Waals surface area contributed by atoms with Crippen LogP contribution in [0.3, 0.4) is 0 Å². The fourth-order valence-corrected chi connectivity index (χ4v) is 3.70. The van der Waals surface area contributed by atoms with Crippen LogP contribution in [-0.4, -0.2) is 61.9 Å². The summed E-state index contributed by atoms with van der Waals surface area (Å²) in [5.74, 6) is 0.817. The second kappa shape index (κ2) is 9.26. The van der Waals surface area contributed by atoms with Gasteiger partial charge in [0.05, 0.1) is 20.3 Å². The molecule has 1 amide bonds. The van der Waals surface area contributed by atoms with Crippen LogP contribution in [0.15, 0.2) is 24.3 Å². The lowest BCUT2D eigenvalue weighted by atomic mass is 10.1. The maximum atomic E-state index is 13.0. The van der Waals surface area contributed by atoms with Gasteiger partial charge in [0.2, 0.25) is 0 Å². The fraction of sp³-hybridized carbons (Fsp3) is 0.500. The quantitative estimate of drug-likeness (QED) is 0.796. The normalized spacial score (nSPS) is 14.9. The van der Waals surface area contributed by atoms with Crippen LogP contribution in [0.25, 0.3) is 0 Å². The molecule has 0 unspecified atom stereocenters. The van der Waals surface area contributed by atoms with Gasteiger partial charge in [0, 0.05) is 38.4 Å². The van der Waals surface area contributed by atoms with Crippen LogP contribution in [0.4, 0.5) is 0 Å². The number of methoxy groups -OCH3 is 1. The lowest BCUT2D eigenvalue weighted by Crippen LogP contribution is -2.41. The van der Waals surface area contributed by atoms with E-state index in [-0.39, 0.29) is 5.91 Å². The van der Waals surface area contributed by atoms with Gasteiger partial charge in [-0.15, -0.1) is 0 Å². The van der Waals surface area contributed by atoms with E-state index in [1.807, 2.05) is 25.1 Å². The number of morpholine rings is 1. The Morgan fingerprint density at radius 1 is 1.18 bits per heavy atom. The maximum absolute atomic E-state index is 13.0. The predicted molar refractivity (Wildman–Crippen MR) is 110 cm³/mol. The Labute approximate surface area is 167 Å². The van der Waals surface area contributed by atoms with Crippen molar-refractivity contribution in [1.82, 2.24) is 14.8 Å². The molecule has 28 heavy (non-hydrogen) atoms. The monoisotopic (exact) mass is 385 g/mol. The predicted octanol–water partition coefficient (Wildman–Crippen LogP) is 2.53. The maximum Gasteiger partial charge on any atom is 0.268 e. The summed E-state index contributed by atoms with van der Waals surface area (Å²) in [5.41, 5.74) is 5.20. The number of carbonyl (C=O) groups is 1. The lowest BCUT2D eigenvalue weighted by molar-refractivity contribution is 0.0383. The Kier molecular flexibility index (Phi) is 6.75. The summed E-state index contributed by atoms with van der Waals surface area (Å²) >= 11 is 0.